The first-order valence-electron chi connectivity index (χ1n) is 5.67. The van der Waals surface area contributed by atoms with Gasteiger partial charge in [0.15, 0.2) is 5.13 Å². The number of nitrogens with zero attached hydrogens (tertiary/aromatic N) is 2. The molecule has 94 valence electrons. The van der Waals surface area contributed by atoms with Gasteiger partial charge in [0.2, 0.25) is 5.91 Å². The van der Waals surface area contributed by atoms with E-state index < -0.39 is 0 Å². The Morgan fingerprint density at radius 3 is 2.76 bits per heavy atom. The molecule has 1 amide bonds. The molecule has 1 aromatic rings. The quantitative estimate of drug-likeness (QED) is 0.852. The average molecular weight is 255 g/mol. The molecule has 0 spiro atoms. The highest BCUT2D eigenvalue weighted by atomic mass is 32.1. The number of hydrogen-bond donors (Lipinski definition) is 1. The second-order valence-electron chi connectivity index (χ2n) is 4.41. The van der Waals surface area contributed by atoms with E-state index in [9.17, 15) is 4.79 Å². The molecule has 0 aromatic carbocycles. The van der Waals surface area contributed by atoms with Gasteiger partial charge >= 0.3 is 0 Å². The number of carbonyl (C=O) groups is 1. The average Bonchev–Trinajstić information content (AvgIpc) is 2.62. The number of hydrogen-bond acceptors (Lipinski definition) is 5. The van der Waals surface area contributed by atoms with Crippen LogP contribution in [0.5, 0.6) is 0 Å². The van der Waals surface area contributed by atoms with Crippen molar-refractivity contribution in [1.29, 1.82) is 0 Å². The Balaban J connectivity index is 1.95. The highest BCUT2D eigenvalue weighted by Gasteiger charge is 2.26. The van der Waals surface area contributed by atoms with Gasteiger partial charge < -0.3 is 15.4 Å². The van der Waals surface area contributed by atoms with Gasteiger partial charge in [-0.3, -0.25) is 4.79 Å². The molecular weight excluding hydrogens is 238 g/mol. The second kappa shape index (κ2) is 5.01. The fourth-order valence-electron chi connectivity index (χ4n) is 2.05. The summed E-state index contributed by atoms with van der Waals surface area (Å²) in [5.74, 6) is 0.0947. The van der Waals surface area contributed by atoms with E-state index in [1.54, 1.807) is 0 Å². The number of amides is 1. The van der Waals surface area contributed by atoms with Crippen LogP contribution in [0.1, 0.15) is 19.5 Å². The van der Waals surface area contributed by atoms with Crippen molar-refractivity contribution in [3.63, 3.8) is 0 Å². The van der Waals surface area contributed by atoms with Gasteiger partial charge in [0.25, 0.3) is 0 Å². The number of anilines is 1. The van der Waals surface area contributed by atoms with Crippen LogP contribution in [0.2, 0.25) is 0 Å². The van der Waals surface area contributed by atoms with Crippen molar-refractivity contribution in [1.82, 2.24) is 9.88 Å². The van der Waals surface area contributed by atoms with Gasteiger partial charge in [-0.25, -0.2) is 4.98 Å². The Kier molecular flexibility index (Phi) is 3.63. The zero-order valence-electron chi connectivity index (χ0n) is 10.0. The van der Waals surface area contributed by atoms with Gasteiger partial charge in [-0.05, 0) is 13.8 Å². The standard InChI is InChI=1S/C11H17N3O2S/c1-7-4-14(5-8(2)16-7)10(15)3-9-6-17-11(12)13-9/h6-8H,3-5H2,1-2H3,(H2,12,13). The van der Waals surface area contributed by atoms with Crippen molar-refractivity contribution in [3.8, 4) is 0 Å². The third-order valence-electron chi connectivity index (χ3n) is 2.67. The molecule has 0 bridgehead atoms. The first kappa shape index (κ1) is 12.3. The first-order chi connectivity index (χ1) is 8.04. The lowest BCUT2D eigenvalue weighted by Crippen LogP contribution is -2.48. The number of thiazole rings is 1. The van der Waals surface area contributed by atoms with Crippen LogP contribution < -0.4 is 5.73 Å². The summed E-state index contributed by atoms with van der Waals surface area (Å²) >= 11 is 1.37. The van der Waals surface area contributed by atoms with E-state index in [1.165, 1.54) is 11.3 Å². The van der Waals surface area contributed by atoms with Crippen LogP contribution in [0.3, 0.4) is 0 Å². The van der Waals surface area contributed by atoms with E-state index in [0.29, 0.717) is 24.6 Å². The third kappa shape index (κ3) is 3.17. The molecule has 2 unspecified atom stereocenters. The van der Waals surface area contributed by atoms with Crippen molar-refractivity contribution in [2.75, 3.05) is 18.8 Å². The minimum atomic E-state index is 0.0947. The SMILES string of the molecule is CC1CN(C(=O)Cc2csc(N)n2)CC(C)O1. The summed E-state index contributed by atoms with van der Waals surface area (Å²) in [5, 5.41) is 2.34. The minimum Gasteiger partial charge on any atom is -0.375 e. The fourth-order valence-corrected chi connectivity index (χ4v) is 2.61. The number of nitrogen functional groups attached to an aromatic ring is 1. The fraction of sp³-hybridized carbons (Fsp3) is 0.636. The molecule has 0 radical (unpaired) electrons. The molecule has 1 fully saturated rings. The van der Waals surface area contributed by atoms with Crippen molar-refractivity contribution >= 4 is 22.4 Å². The van der Waals surface area contributed by atoms with Crippen LogP contribution in [-0.4, -0.2) is 41.1 Å². The van der Waals surface area contributed by atoms with E-state index in [2.05, 4.69) is 4.98 Å². The van der Waals surface area contributed by atoms with Crippen LogP contribution >= 0.6 is 11.3 Å². The predicted octanol–water partition coefficient (Wildman–Crippen LogP) is 0.904. The van der Waals surface area contributed by atoms with E-state index in [-0.39, 0.29) is 18.1 Å². The normalized spacial score (nSPS) is 24.9. The predicted molar refractivity (Wildman–Crippen MR) is 66.8 cm³/mol. The lowest BCUT2D eigenvalue weighted by atomic mass is 10.2. The summed E-state index contributed by atoms with van der Waals surface area (Å²) in [4.78, 5) is 18.0. The van der Waals surface area contributed by atoms with Gasteiger partial charge in [-0.2, -0.15) is 0 Å². The molecular formula is C11H17N3O2S. The van der Waals surface area contributed by atoms with Crippen molar-refractivity contribution in [2.24, 2.45) is 0 Å². The number of morpholine rings is 1. The molecule has 2 N–H and O–H groups in total. The zero-order valence-corrected chi connectivity index (χ0v) is 10.9. The molecule has 5 nitrogen and oxygen atoms in total. The van der Waals surface area contributed by atoms with E-state index in [0.717, 1.165) is 5.69 Å². The lowest BCUT2D eigenvalue weighted by molar-refractivity contribution is -0.142. The number of rotatable bonds is 2. The van der Waals surface area contributed by atoms with Crippen molar-refractivity contribution < 1.29 is 9.53 Å². The van der Waals surface area contributed by atoms with Crippen LogP contribution in [0, 0.1) is 0 Å². The molecule has 1 aliphatic rings. The van der Waals surface area contributed by atoms with Crippen molar-refractivity contribution in [2.45, 2.75) is 32.5 Å². The Morgan fingerprint density at radius 2 is 2.24 bits per heavy atom. The maximum atomic E-state index is 12.1. The summed E-state index contributed by atoms with van der Waals surface area (Å²) in [6.45, 7) is 5.28. The highest BCUT2D eigenvalue weighted by Crippen LogP contribution is 2.15. The van der Waals surface area contributed by atoms with Crippen LogP contribution in [0.4, 0.5) is 5.13 Å². The minimum absolute atomic E-state index is 0.0947. The molecule has 1 saturated heterocycles. The number of aromatic nitrogens is 1. The van der Waals surface area contributed by atoms with E-state index in [4.69, 9.17) is 10.5 Å². The number of nitrogens with two attached hydrogens (primary N) is 1. The Bertz CT molecular complexity index is 397. The maximum Gasteiger partial charge on any atom is 0.228 e. The van der Waals surface area contributed by atoms with Crippen LogP contribution in [-0.2, 0) is 16.0 Å². The second-order valence-corrected chi connectivity index (χ2v) is 5.30. The molecule has 0 aliphatic carbocycles. The largest absolute Gasteiger partial charge is 0.375 e. The Labute approximate surface area is 105 Å². The molecule has 1 aromatic heterocycles. The summed E-state index contributed by atoms with van der Waals surface area (Å²) in [5.41, 5.74) is 6.29. The Morgan fingerprint density at radius 1 is 1.59 bits per heavy atom. The van der Waals surface area contributed by atoms with Gasteiger partial charge in [0, 0.05) is 18.5 Å². The highest BCUT2D eigenvalue weighted by molar-refractivity contribution is 7.13. The molecule has 2 rings (SSSR count). The van der Waals surface area contributed by atoms with E-state index in [1.807, 2.05) is 24.1 Å². The maximum absolute atomic E-state index is 12.1. The molecule has 17 heavy (non-hydrogen) atoms. The molecule has 0 saturated carbocycles. The van der Waals surface area contributed by atoms with Crippen LogP contribution in [0.25, 0.3) is 0 Å². The molecule has 2 heterocycles. The molecule has 6 heteroatoms. The summed E-state index contributed by atoms with van der Waals surface area (Å²) in [6.07, 6.45) is 0.527. The monoisotopic (exact) mass is 255 g/mol. The van der Waals surface area contributed by atoms with Gasteiger partial charge in [-0.1, -0.05) is 0 Å². The van der Waals surface area contributed by atoms with Crippen LogP contribution in [0.15, 0.2) is 5.38 Å². The lowest BCUT2D eigenvalue weighted by Gasteiger charge is -2.35. The summed E-state index contributed by atoms with van der Waals surface area (Å²) in [7, 11) is 0. The van der Waals surface area contributed by atoms with E-state index >= 15 is 0 Å². The molecule has 1 aliphatic heterocycles. The van der Waals surface area contributed by atoms with Gasteiger partial charge in [0.1, 0.15) is 0 Å². The van der Waals surface area contributed by atoms with Gasteiger partial charge in [0.05, 0.1) is 24.3 Å². The zero-order chi connectivity index (χ0) is 12.4. The number of ether oxygens (including phenoxy) is 1. The van der Waals surface area contributed by atoms with Crippen molar-refractivity contribution in [3.05, 3.63) is 11.1 Å². The van der Waals surface area contributed by atoms with Gasteiger partial charge in [-0.15, -0.1) is 11.3 Å². The third-order valence-corrected chi connectivity index (χ3v) is 3.40. The first-order valence-corrected chi connectivity index (χ1v) is 6.55. The topological polar surface area (TPSA) is 68.5 Å². The Hall–Kier alpha value is -1.14. The number of carbonyl (C=O) groups excluding carboxylic acids is 1. The smallest absolute Gasteiger partial charge is 0.228 e. The summed E-state index contributed by atoms with van der Waals surface area (Å²) in [6, 6.07) is 0. The summed E-state index contributed by atoms with van der Waals surface area (Å²) < 4.78 is 5.59. The molecule has 2 atom stereocenters.